The number of hydrogen-bond donors (Lipinski definition) is 1. The molecule has 28 heavy (non-hydrogen) atoms. The molecule has 2 aromatic carbocycles. The second-order valence-corrected chi connectivity index (χ2v) is 8.26. The van der Waals surface area contributed by atoms with E-state index in [0.29, 0.717) is 21.2 Å². The third-order valence-corrected chi connectivity index (χ3v) is 5.32. The van der Waals surface area contributed by atoms with Crippen LogP contribution in [0.3, 0.4) is 0 Å². The van der Waals surface area contributed by atoms with Crippen LogP contribution in [0.15, 0.2) is 46.9 Å². The van der Waals surface area contributed by atoms with Crippen LogP contribution in [0.25, 0.3) is 0 Å². The number of nitrogens with one attached hydrogen (secondary N) is 1. The molecule has 5 nitrogen and oxygen atoms in total. The molecule has 0 unspecified atom stereocenters. The maximum absolute atomic E-state index is 14.0. The van der Waals surface area contributed by atoms with Crippen molar-refractivity contribution in [3.05, 3.63) is 69.4 Å². The van der Waals surface area contributed by atoms with E-state index in [1.807, 2.05) is 13.8 Å². The van der Waals surface area contributed by atoms with E-state index in [1.165, 1.54) is 6.07 Å². The fraction of sp³-hybridized carbons (Fsp3) is 0.286. The maximum atomic E-state index is 14.0. The van der Waals surface area contributed by atoms with Gasteiger partial charge in [-0.15, -0.1) is 0 Å². The summed E-state index contributed by atoms with van der Waals surface area (Å²) in [5.74, 6) is -1.42. The van der Waals surface area contributed by atoms with Gasteiger partial charge in [-0.25, -0.2) is 4.39 Å². The van der Waals surface area contributed by atoms with Crippen molar-refractivity contribution in [2.45, 2.75) is 25.7 Å². The number of nitrogens with zero attached hydrogens (tertiary/aromatic N) is 1. The summed E-state index contributed by atoms with van der Waals surface area (Å²) < 4.78 is 14.7. The van der Waals surface area contributed by atoms with Gasteiger partial charge in [0, 0.05) is 29.4 Å². The van der Waals surface area contributed by atoms with Gasteiger partial charge >= 0.3 is 0 Å². The van der Waals surface area contributed by atoms with Gasteiger partial charge in [-0.2, -0.15) is 0 Å². The lowest BCUT2D eigenvalue weighted by Crippen LogP contribution is -2.39. The predicted molar refractivity (Wildman–Crippen MR) is 107 cm³/mol. The van der Waals surface area contributed by atoms with Gasteiger partial charge in [-0.3, -0.25) is 19.3 Å². The van der Waals surface area contributed by atoms with Gasteiger partial charge in [0.25, 0.3) is 11.8 Å². The van der Waals surface area contributed by atoms with E-state index in [0.717, 1.165) is 4.90 Å². The Labute approximate surface area is 171 Å². The highest BCUT2D eigenvalue weighted by atomic mass is 79.9. The van der Waals surface area contributed by atoms with Crippen LogP contribution in [0.2, 0.25) is 0 Å². The fourth-order valence-electron chi connectivity index (χ4n) is 3.19. The minimum atomic E-state index is -0.594. The van der Waals surface area contributed by atoms with Gasteiger partial charge in [0.2, 0.25) is 5.91 Å². The molecule has 1 N–H and O–H groups in total. The number of amides is 3. The molecule has 0 saturated heterocycles. The van der Waals surface area contributed by atoms with Crippen LogP contribution in [0, 0.1) is 5.82 Å². The van der Waals surface area contributed by atoms with Crippen LogP contribution in [0.1, 0.15) is 46.5 Å². The van der Waals surface area contributed by atoms with Crippen LogP contribution < -0.4 is 5.32 Å². The van der Waals surface area contributed by atoms with Gasteiger partial charge in [0.15, 0.2) is 0 Å². The van der Waals surface area contributed by atoms with Crippen LogP contribution >= 0.6 is 15.9 Å². The summed E-state index contributed by atoms with van der Waals surface area (Å²) in [4.78, 5) is 38.1. The summed E-state index contributed by atoms with van der Waals surface area (Å²) in [7, 11) is 0. The lowest BCUT2D eigenvalue weighted by molar-refractivity contribution is -0.121. The second-order valence-electron chi connectivity index (χ2n) is 7.34. The highest BCUT2D eigenvalue weighted by Crippen LogP contribution is 2.27. The molecule has 0 radical (unpaired) electrons. The molecule has 0 spiro atoms. The van der Waals surface area contributed by atoms with Gasteiger partial charge in [-0.1, -0.05) is 48.0 Å². The summed E-state index contributed by atoms with van der Waals surface area (Å²) in [6.45, 7) is 3.92. The molecule has 0 bridgehead atoms. The molecule has 0 saturated carbocycles. The molecular formula is C21H20BrFN2O3. The third kappa shape index (κ3) is 3.99. The van der Waals surface area contributed by atoms with Gasteiger partial charge < -0.3 is 5.32 Å². The van der Waals surface area contributed by atoms with Crippen LogP contribution in [-0.4, -0.2) is 35.7 Å². The number of halogens is 2. The number of rotatable bonds is 6. The zero-order valence-corrected chi connectivity index (χ0v) is 17.2. The third-order valence-electron chi connectivity index (χ3n) is 4.83. The minimum absolute atomic E-state index is 0.00404. The smallest absolute Gasteiger partial charge is 0.261 e. The van der Waals surface area contributed by atoms with Crippen molar-refractivity contribution in [2.75, 3.05) is 13.1 Å². The molecule has 1 aliphatic rings. The number of carbonyl (C=O) groups excluding carboxylic acids is 3. The molecular weight excluding hydrogens is 427 g/mol. The fourth-order valence-corrected chi connectivity index (χ4v) is 3.55. The lowest BCUT2D eigenvalue weighted by Gasteiger charge is -2.26. The highest BCUT2D eigenvalue weighted by molar-refractivity contribution is 9.10. The first-order valence-electron chi connectivity index (χ1n) is 8.88. The van der Waals surface area contributed by atoms with Crippen molar-refractivity contribution in [1.82, 2.24) is 10.2 Å². The van der Waals surface area contributed by atoms with Crippen LogP contribution in [0.5, 0.6) is 0 Å². The van der Waals surface area contributed by atoms with Crippen LogP contribution in [0.4, 0.5) is 4.39 Å². The number of carbonyl (C=O) groups is 3. The average Bonchev–Trinajstić information content (AvgIpc) is 2.88. The Morgan fingerprint density at radius 3 is 2.50 bits per heavy atom. The first-order chi connectivity index (χ1) is 13.2. The molecule has 1 aliphatic heterocycles. The summed E-state index contributed by atoms with van der Waals surface area (Å²) in [5.41, 5.74) is 0.596. The topological polar surface area (TPSA) is 66.5 Å². The van der Waals surface area contributed by atoms with E-state index in [2.05, 4.69) is 21.2 Å². The molecule has 146 valence electrons. The Morgan fingerprint density at radius 1 is 1.11 bits per heavy atom. The Balaban J connectivity index is 1.57. The Morgan fingerprint density at radius 2 is 1.79 bits per heavy atom. The Hall–Kier alpha value is -2.54. The Bertz CT molecular complexity index is 958. The second kappa shape index (κ2) is 7.83. The van der Waals surface area contributed by atoms with Crippen molar-refractivity contribution in [3.63, 3.8) is 0 Å². The molecule has 0 fully saturated rings. The quantitative estimate of drug-likeness (QED) is 0.688. The monoisotopic (exact) mass is 446 g/mol. The van der Waals surface area contributed by atoms with E-state index < -0.39 is 17.2 Å². The summed E-state index contributed by atoms with van der Waals surface area (Å²) in [6.07, 6.45) is -0.0139. The van der Waals surface area contributed by atoms with E-state index in [9.17, 15) is 18.8 Å². The number of fused-ring (bicyclic) bond motifs is 1. The number of benzene rings is 2. The number of imide groups is 1. The molecule has 0 aromatic heterocycles. The molecule has 1 heterocycles. The van der Waals surface area contributed by atoms with Gasteiger partial charge in [-0.05, 0) is 29.8 Å². The van der Waals surface area contributed by atoms with Crippen molar-refractivity contribution in [3.8, 4) is 0 Å². The van der Waals surface area contributed by atoms with E-state index >= 15 is 0 Å². The first-order valence-corrected chi connectivity index (χ1v) is 9.67. The normalized spacial score (nSPS) is 13.6. The van der Waals surface area contributed by atoms with E-state index in [1.54, 1.807) is 36.4 Å². The lowest BCUT2D eigenvalue weighted by atomic mass is 9.84. The summed E-state index contributed by atoms with van der Waals surface area (Å²) in [6, 6.07) is 11.4. The molecule has 3 rings (SSSR count). The summed E-state index contributed by atoms with van der Waals surface area (Å²) in [5, 5.41) is 2.77. The highest BCUT2D eigenvalue weighted by Gasteiger charge is 2.35. The van der Waals surface area contributed by atoms with Crippen molar-refractivity contribution < 1.29 is 18.8 Å². The Kier molecular flexibility index (Phi) is 5.65. The largest absolute Gasteiger partial charge is 0.355 e. The first kappa shape index (κ1) is 20.2. The molecule has 3 amide bonds. The number of hydrogen-bond acceptors (Lipinski definition) is 3. The standard InChI is InChI=1S/C21H20BrFN2O3/c1-21(2,16-5-3-4-6-17(16)23)12-24-18(26)9-10-25-19(27)14-8-7-13(22)11-15(14)20(25)28/h3-8,11H,9-10,12H2,1-2H3,(H,24,26). The molecule has 0 atom stereocenters. The van der Waals surface area contributed by atoms with E-state index in [-0.39, 0.29) is 31.2 Å². The summed E-state index contributed by atoms with van der Waals surface area (Å²) >= 11 is 3.28. The maximum Gasteiger partial charge on any atom is 0.261 e. The molecule has 7 heteroatoms. The average molecular weight is 447 g/mol. The SMILES string of the molecule is CC(C)(CNC(=O)CCN1C(=O)c2ccc(Br)cc2C1=O)c1ccccc1F. The van der Waals surface area contributed by atoms with Crippen LogP contribution in [-0.2, 0) is 10.2 Å². The minimum Gasteiger partial charge on any atom is -0.355 e. The van der Waals surface area contributed by atoms with E-state index in [4.69, 9.17) is 0 Å². The molecule has 2 aromatic rings. The zero-order valence-electron chi connectivity index (χ0n) is 15.6. The molecule has 0 aliphatic carbocycles. The van der Waals surface area contributed by atoms with Crippen molar-refractivity contribution >= 4 is 33.7 Å². The van der Waals surface area contributed by atoms with Gasteiger partial charge in [0.05, 0.1) is 11.1 Å². The zero-order chi connectivity index (χ0) is 20.5. The predicted octanol–water partition coefficient (Wildman–Crippen LogP) is 3.67. The van der Waals surface area contributed by atoms with Crippen molar-refractivity contribution in [1.29, 1.82) is 0 Å². The van der Waals surface area contributed by atoms with Crippen molar-refractivity contribution in [2.24, 2.45) is 0 Å². The van der Waals surface area contributed by atoms with Gasteiger partial charge in [0.1, 0.15) is 5.82 Å².